The molecule has 0 aliphatic carbocycles. The van der Waals surface area contributed by atoms with E-state index in [1.807, 2.05) is 54.5 Å². The van der Waals surface area contributed by atoms with Crippen molar-refractivity contribution in [1.29, 1.82) is 0 Å². The molecule has 0 unspecified atom stereocenters. The van der Waals surface area contributed by atoms with Crippen molar-refractivity contribution in [1.82, 2.24) is 9.97 Å². The van der Waals surface area contributed by atoms with Gasteiger partial charge < -0.3 is 5.11 Å². The monoisotopic (exact) mass is 824 g/mol. The number of hydrogen-bond acceptors (Lipinski definition) is 4. The van der Waals surface area contributed by atoms with E-state index in [-0.39, 0.29) is 42.5 Å². The van der Waals surface area contributed by atoms with Gasteiger partial charge in [-0.3, -0.25) is 9.78 Å². The zero-order valence-corrected chi connectivity index (χ0v) is 33.2. The number of aromatic nitrogens is 2. The summed E-state index contributed by atoms with van der Waals surface area (Å²) in [7, 11) is -1.54. The van der Waals surface area contributed by atoms with Crippen molar-refractivity contribution in [3.05, 3.63) is 90.5 Å². The number of aliphatic hydroxyl groups excluding tert-OH is 1. The van der Waals surface area contributed by atoms with Gasteiger partial charge in [0.25, 0.3) is 0 Å². The molecular formula is C41H51IrN2O2Si-. The van der Waals surface area contributed by atoms with Crippen molar-refractivity contribution in [3.63, 3.8) is 0 Å². The van der Waals surface area contributed by atoms with Crippen LogP contribution in [0, 0.1) is 23.8 Å². The maximum atomic E-state index is 12.2. The summed E-state index contributed by atoms with van der Waals surface area (Å²) in [5, 5.41) is 17.6. The number of hydrogen-bond donors (Lipinski definition) is 1. The van der Waals surface area contributed by atoms with E-state index in [2.05, 4.69) is 86.4 Å². The molecule has 1 radical (unpaired) electrons. The molecule has 0 saturated carbocycles. The number of aryl methyl sites for hydroxylation is 1. The smallest absolute Gasteiger partial charge is 0.164 e. The van der Waals surface area contributed by atoms with E-state index in [4.69, 9.17) is 9.97 Å². The summed E-state index contributed by atoms with van der Waals surface area (Å²) in [5.74, 6) is 1.08. The molecular weight excluding hydrogens is 773 g/mol. The molecule has 1 heterocycles. The van der Waals surface area contributed by atoms with E-state index in [1.165, 1.54) is 32.8 Å². The van der Waals surface area contributed by atoms with Crippen LogP contribution in [0.1, 0.15) is 73.1 Å². The first-order valence-electron chi connectivity index (χ1n) is 16.8. The third-order valence-corrected chi connectivity index (χ3v) is 12.2. The van der Waals surface area contributed by atoms with Gasteiger partial charge in [0.2, 0.25) is 0 Å². The van der Waals surface area contributed by atoms with E-state index in [0.29, 0.717) is 0 Å². The zero-order chi connectivity index (χ0) is 33.9. The van der Waals surface area contributed by atoms with Crippen molar-refractivity contribution in [2.75, 3.05) is 0 Å². The molecule has 251 valence electrons. The van der Waals surface area contributed by atoms with Crippen molar-refractivity contribution in [3.8, 4) is 11.3 Å². The molecule has 1 aromatic heterocycles. The van der Waals surface area contributed by atoms with Gasteiger partial charge in [0.15, 0.2) is 5.78 Å². The van der Waals surface area contributed by atoms with Gasteiger partial charge in [-0.1, -0.05) is 126 Å². The summed E-state index contributed by atoms with van der Waals surface area (Å²) in [6, 6.07) is 27.1. The molecule has 5 rings (SSSR count). The molecule has 0 aliphatic heterocycles. The second kappa shape index (κ2) is 15.4. The fourth-order valence-corrected chi connectivity index (χ4v) is 7.54. The molecule has 5 aromatic rings. The zero-order valence-electron chi connectivity index (χ0n) is 29.8. The first kappa shape index (κ1) is 38.3. The van der Waals surface area contributed by atoms with Crippen LogP contribution in [0.15, 0.2) is 78.6 Å². The minimum Gasteiger partial charge on any atom is -0.512 e. The van der Waals surface area contributed by atoms with Crippen LogP contribution in [0.4, 0.5) is 0 Å². The molecule has 0 aliphatic rings. The Morgan fingerprint density at radius 2 is 1.43 bits per heavy atom. The predicted octanol–water partition coefficient (Wildman–Crippen LogP) is 10.9. The average Bonchev–Trinajstić information content (AvgIpc) is 3.06. The molecule has 0 spiro atoms. The third kappa shape index (κ3) is 7.93. The van der Waals surface area contributed by atoms with Crippen LogP contribution < -0.4 is 5.19 Å². The molecule has 0 amide bonds. The molecule has 0 saturated heterocycles. The van der Waals surface area contributed by atoms with E-state index in [1.54, 1.807) is 0 Å². The number of ketones is 1. The molecule has 0 fully saturated rings. The van der Waals surface area contributed by atoms with Crippen LogP contribution >= 0.6 is 0 Å². The van der Waals surface area contributed by atoms with Crippen LogP contribution in [0.3, 0.4) is 0 Å². The van der Waals surface area contributed by atoms with E-state index in [0.717, 1.165) is 53.7 Å². The number of carbonyl (C=O) groups is 1. The molecule has 4 nitrogen and oxygen atoms in total. The maximum absolute atomic E-state index is 12.2. The minimum absolute atomic E-state index is 0. The first-order chi connectivity index (χ1) is 21.7. The Morgan fingerprint density at radius 3 is 2.04 bits per heavy atom. The summed E-state index contributed by atoms with van der Waals surface area (Å²) >= 11 is 0. The summed E-state index contributed by atoms with van der Waals surface area (Å²) in [6.07, 6.45) is 4.75. The third-order valence-electron chi connectivity index (χ3n) is 10.2. The number of benzene rings is 4. The first-order valence-corrected chi connectivity index (χ1v) is 20.3. The minimum atomic E-state index is -1.54. The van der Waals surface area contributed by atoms with Gasteiger partial charge in [0.1, 0.15) is 11.6 Å². The van der Waals surface area contributed by atoms with Gasteiger partial charge in [-0.15, -0.1) is 29.1 Å². The normalized spacial score (nSPS) is 12.5. The van der Waals surface area contributed by atoms with Gasteiger partial charge in [-0.05, 0) is 49.1 Å². The van der Waals surface area contributed by atoms with Crippen LogP contribution in [-0.4, -0.2) is 28.9 Å². The van der Waals surface area contributed by atoms with Gasteiger partial charge in [-0.25, -0.2) is 4.98 Å². The van der Waals surface area contributed by atoms with Gasteiger partial charge in [0, 0.05) is 42.4 Å². The molecule has 47 heavy (non-hydrogen) atoms. The Bertz CT molecular complexity index is 1890. The Balaban J connectivity index is 0.000000290. The Morgan fingerprint density at radius 1 is 0.809 bits per heavy atom. The van der Waals surface area contributed by atoms with Crippen molar-refractivity contribution < 1.29 is 30.0 Å². The van der Waals surface area contributed by atoms with E-state index in [9.17, 15) is 9.90 Å². The largest absolute Gasteiger partial charge is 0.512 e. The molecule has 6 heteroatoms. The molecule has 0 atom stereocenters. The molecule has 0 bridgehead atoms. The number of fused-ring (bicyclic) bond motifs is 4. The fourth-order valence-electron chi connectivity index (χ4n) is 5.93. The topological polar surface area (TPSA) is 63.1 Å². The van der Waals surface area contributed by atoms with E-state index >= 15 is 0 Å². The summed E-state index contributed by atoms with van der Waals surface area (Å²) in [4.78, 5) is 22.0. The van der Waals surface area contributed by atoms with Crippen LogP contribution in [-0.2, 0) is 24.9 Å². The van der Waals surface area contributed by atoms with E-state index < -0.39 is 8.07 Å². The summed E-state index contributed by atoms with van der Waals surface area (Å²) in [6.45, 7) is 21.3. The summed E-state index contributed by atoms with van der Waals surface area (Å²) < 4.78 is 0. The maximum Gasteiger partial charge on any atom is 0.164 e. The Kier molecular flexibility index (Phi) is 12.5. The van der Waals surface area contributed by atoms with Crippen molar-refractivity contribution in [2.45, 2.75) is 93.8 Å². The van der Waals surface area contributed by atoms with Crippen LogP contribution in [0.25, 0.3) is 43.7 Å². The van der Waals surface area contributed by atoms with Crippen LogP contribution in [0.2, 0.25) is 19.6 Å². The second-order valence-corrected chi connectivity index (χ2v) is 19.1. The summed E-state index contributed by atoms with van der Waals surface area (Å²) in [5.41, 5.74) is 2.47. The number of aliphatic hydroxyl groups is 1. The van der Waals surface area contributed by atoms with Gasteiger partial charge in [0.05, 0.1) is 13.6 Å². The van der Waals surface area contributed by atoms with Gasteiger partial charge in [-0.2, -0.15) is 0 Å². The number of carbonyl (C=O) groups excluding carboxylic acids is 1. The molecule has 1 N–H and O–H groups in total. The number of allylic oxidation sites excluding steroid dienone is 2. The number of rotatable bonds is 9. The quantitative estimate of drug-likeness (QED) is 0.0529. The predicted molar refractivity (Wildman–Crippen MR) is 200 cm³/mol. The number of nitrogens with zero attached hydrogens (tertiary/aromatic N) is 2. The average molecular weight is 824 g/mol. The Hall–Kier alpha value is -3.18. The van der Waals surface area contributed by atoms with Crippen LogP contribution in [0.5, 0.6) is 0 Å². The Labute approximate surface area is 296 Å². The van der Waals surface area contributed by atoms with Crippen molar-refractivity contribution in [2.24, 2.45) is 10.8 Å². The fraction of sp³-hybridized carbons (Fsp3) is 0.390. The second-order valence-electron chi connectivity index (χ2n) is 14.1. The SMILES string of the molecule is CCC(C)(CC)C(=O)/C=C(\O)C(C)(CC)CC.Cc1nc(-c2[c-]ccc3ccccc23)c2ccc3cccc([Si](C)(C)C)c3c2n1.[Ir]. The molecule has 4 aromatic carbocycles. The van der Waals surface area contributed by atoms with Crippen molar-refractivity contribution >= 4 is 51.5 Å². The standard InChI is InChI=1S/C26H23N2Si.C15H28O2.Ir/c1-17-27-25(21-13-7-10-18-9-5-6-12-20(18)21)22-16-15-19-11-8-14-23(29(2,3)4)24(19)26(22)28-17;1-7-14(5,8-2)12(16)11-13(17)15(6,9-3)10-4;/h5-12,14-16H,1-4H3;11,16H,7-10H2,1-6H3;/q-1;;/b;12-11-;. The van der Waals surface area contributed by atoms with Gasteiger partial charge >= 0.3 is 0 Å².